The minimum absolute atomic E-state index is 0.0229. The topological polar surface area (TPSA) is 62.3 Å². The third-order valence-electron chi connectivity index (χ3n) is 5.72. The maximum Gasteiger partial charge on any atom is 0.270 e. The fourth-order valence-corrected chi connectivity index (χ4v) is 3.85. The smallest absolute Gasteiger partial charge is 0.270 e. The number of likely N-dealkylation sites (tertiary alicyclic amines) is 1. The van der Waals surface area contributed by atoms with Gasteiger partial charge in [0.05, 0.1) is 0 Å². The molecule has 2 aliphatic rings. The summed E-state index contributed by atoms with van der Waals surface area (Å²) >= 11 is 0. The highest BCUT2D eigenvalue weighted by atomic mass is 16.2. The molecule has 24 heavy (non-hydrogen) atoms. The Kier molecular flexibility index (Phi) is 3.93. The van der Waals surface area contributed by atoms with Crippen LogP contribution in [0.3, 0.4) is 0 Å². The van der Waals surface area contributed by atoms with Crippen molar-refractivity contribution < 1.29 is 9.59 Å². The first-order valence-electron chi connectivity index (χ1n) is 8.63. The molecule has 1 saturated carbocycles. The molecule has 1 aliphatic heterocycles. The number of nitrogens with one attached hydrogen (secondary N) is 1. The van der Waals surface area contributed by atoms with Crippen molar-refractivity contribution in [2.45, 2.75) is 40.7 Å². The van der Waals surface area contributed by atoms with Crippen LogP contribution in [0.15, 0.2) is 24.4 Å². The molecule has 1 N–H and O–H groups in total. The first kappa shape index (κ1) is 16.9. The summed E-state index contributed by atoms with van der Waals surface area (Å²) in [6.07, 6.45) is 1.58. The van der Waals surface area contributed by atoms with Crippen molar-refractivity contribution in [1.82, 2.24) is 15.2 Å². The van der Waals surface area contributed by atoms with Gasteiger partial charge in [0.1, 0.15) is 11.7 Å². The number of nitrogens with zero attached hydrogens (tertiary/aromatic N) is 2. The summed E-state index contributed by atoms with van der Waals surface area (Å²) in [5, 5.41) is 2.91. The van der Waals surface area contributed by atoms with Crippen LogP contribution in [0, 0.1) is 22.7 Å². The molecule has 3 atom stereocenters. The second-order valence-electron chi connectivity index (χ2n) is 8.77. The monoisotopic (exact) mass is 329 g/mol. The highest BCUT2D eigenvalue weighted by Crippen LogP contribution is 2.62. The molecule has 2 fully saturated rings. The minimum atomic E-state index is -0.549. The lowest BCUT2D eigenvalue weighted by molar-refractivity contribution is -0.135. The van der Waals surface area contributed by atoms with Gasteiger partial charge in [0, 0.05) is 19.3 Å². The Morgan fingerprint density at radius 3 is 2.38 bits per heavy atom. The van der Waals surface area contributed by atoms with Crippen LogP contribution in [0.5, 0.6) is 0 Å². The van der Waals surface area contributed by atoms with Gasteiger partial charge in [-0.2, -0.15) is 0 Å². The average Bonchev–Trinajstić information content (AvgIpc) is 2.90. The molecule has 1 aromatic heterocycles. The van der Waals surface area contributed by atoms with E-state index in [-0.39, 0.29) is 17.2 Å². The fourth-order valence-electron chi connectivity index (χ4n) is 3.85. The van der Waals surface area contributed by atoms with Gasteiger partial charge in [0.2, 0.25) is 5.91 Å². The lowest BCUT2D eigenvalue weighted by Gasteiger charge is -2.34. The fraction of sp³-hybridized carbons (Fsp3) is 0.632. The van der Waals surface area contributed by atoms with Gasteiger partial charge in [0.15, 0.2) is 0 Å². The zero-order valence-corrected chi connectivity index (χ0v) is 15.2. The molecule has 2 heterocycles. The molecule has 3 rings (SSSR count). The summed E-state index contributed by atoms with van der Waals surface area (Å²) in [6.45, 7) is 12.1. The van der Waals surface area contributed by atoms with Crippen LogP contribution in [0.4, 0.5) is 0 Å². The van der Waals surface area contributed by atoms with E-state index >= 15 is 0 Å². The Balaban J connectivity index is 1.71. The van der Waals surface area contributed by atoms with E-state index in [0.29, 0.717) is 22.9 Å². The summed E-state index contributed by atoms with van der Waals surface area (Å²) in [4.78, 5) is 31.5. The molecule has 0 unspecified atom stereocenters. The Morgan fingerprint density at radius 1 is 1.25 bits per heavy atom. The number of piperidine rings is 1. The molecule has 1 aliphatic carbocycles. The number of amides is 2. The largest absolute Gasteiger partial charge is 0.340 e. The Labute approximate surface area is 143 Å². The van der Waals surface area contributed by atoms with Crippen LogP contribution in [0.1, 0.15) is 45.1 Å². The predicted molar refractivity (Wildman–Crippen MR) is 92.3 cm³/mol. The van der Waals surface area contributed by atoms with Gasteiger partial charge in [-0.05, 0) is 34.8 Å². The maximum absolute atomic E-state index is 13.0. The first-order valence-corrected chi connectivity index (χ1v) is 8.63. The molecule has 0 spiro atoms. The standard InChI is InChI=1S/C19H27N3O2/c1-18(2,3)15(21-16(23)14-8-6-7-9-20-14)17(24)22-10-12-13(11-22)19(12,4)5/h6-9,12-13,15H,10-11H2,1-5H3,(H,21,23)/t12-,13+,15-/m1/s1. The summed E-state index contributed by atoms with van der Waals surface area (Å²) in [7, 11) is 0. The van der Waals surface area contributed by atoms with Gasteiger partial charge in [-0.1, -0.05) is 40.7 Å². The van der Waals surface area contributed by atoms with E-state index in [2.05, 4.69) is 24.1 Å². The van der Waals surface area contributed by atoms with Crippen LogP contribution in [-0.2, 0) is 4.79 Å². The van der Waals surface area contributed by atoms with Crippen LogP contribution in [0.2, 0.25) is 0 Å². The Hall–Kier alpha value is -1.91. The summed E-state index contributed by atoms with van der Waals surface area (Å²) in [6, 6.07) is 4.65. The van der Waals surface area contributed by atoms with E-state index in [9.17, 15) is 9.59 Å². The van der Waals surface area contributed by atoms with Gasteiger partial charge in [0.25, 0.3) is 5.91 Å². The number of hydrogen-bond donors (Lipinski definition) is 1. The van der Waals surface area contributed by atoms with E-state index in [1.165, 1.54) is 0 Å². The van der Waals surface area contributed by atoms with Crippen LogP contribution < -0.4 is 5.32 Å². The summed E-state index contributed by atoms with van der Waals surface area (Å²) in [5.74, 6) is 0.936. The molecule has 130 valence electrons. The molecular weight excluding hydrogens is 302 g/mol. The molecular formula is C19H27N3O2. The lowest BCUT2D eigenvalue weighted by Crippen LogP contribution is -2.55. The quantitative estimate of drug-likeness (QED) is 0.926. The van der Waals surface area contributed by atoms with E-state index in [1.54, 1.807) is 24.4 Å². The van der Waals surface area contributed by atoms with Gasteiger partial charge in [-0.3, -0.25) is 14.6 Å². The van der Waals surface area contributed by atoms with Crippen LogP contribution in [0.25, 0.3) is 0 Å². The summed E-state index contributed by atoms with van der Waals surface area (Å²) < 4.78 is 0. The van der Waals surface area contributed by atoms with Gasteiger partial charge in [-0.15, -0.1) is 0 Å². The van der Waals surface area contributed by atoms with Crippen molar-refractivity contribution in [1.29, 1.82) is 0 Å². The third-order valence-corrected chi connectivity index (χ3v) is 5.72. The zero-order valence-electron chi connectivity index (χ0n) is 15.2. The molecule has 5 heteroatoms. The van der Waals surface area contributed by atoms with Crippen LogP contribution in [-0.4, -0.2) is 40.8 Å². The summed E-state index contributed by atoms with van der Waals surface area (Å²) in [5.41, 5.74) is 0.347. The third kappa shape index (κ3) is 2.92. The molecule has 5 nitrogen and oxygen atoms in total. The Morgan fingerprint density at radius 2 is 1.88 bits per heavy atom. The number of fused-ring (bicyclic) bond motifs is 1. The maximum atomic E-state index is 13.0. The van der Waals surface area contributed by atoms with Crippen molar-refractivity contribution in [3.8, 4) is 0 Å². The van der Waals surface area contributed by atoms with Crippen molar-refractivity contribution in [3.63, 3.8) is 0 Å². The number of carbonyl (C=O) groups excluding carboxylic acids is 2. The Bertz CT molecular complexity index is 634. The molecule has 0 bridgehead atoms. The highest BCUT2D eigenvalue weighted by Gasteiger charge is 2.63. The zero-order chi connectivity index (χ0) is 17.7. The minimum Gasteiger partial charge on any atom is -0.340 e. The van der Waals surface area contributed by atoms with E-state index in [0.717, 1.165) is 13.1 Å². The first-order chi connectivity index (χ1) is 11.1. The van der Waals surface area contributed by atoms with Crippen LogP contribution >= 0.6 is 0 Å². The number of carbonyl (C=O) groups is 2. The lowest BCUT2D eigenvalue weighted by atomic mass is 9.85. The molecule has 2 amide bonds. The second-order valence-corrected chi connectivity index (χ2v) is 8.77. The van der Waals surface area contributed by atoms with Gasteiger partial charge < -0.3 is 10.2 Å². The number of hydrogen-bond acceptors (Lipinski definition) is 3. The molecule has 1 aromatic rings. The SMILES string of the molecule is CC(C)(C)[C@H](NC(=O)c1ccccn1)C(=O)N1C[C@@H]2[C@H](C1)C2(C)C. The van der Waals surface area contributed by atoms with Crippen molar-refractivity contribution in [2.75, 3.05) is 13.1 Å². The molecule has 1 saturated heterocycles. The van der Waals surface area contributed by atoms with Gasteiger partial charge >= 0.3 is 0 Å². The number of pyridine rings is 1. The van der Waals surface area contributed by atoms with E-state index in [4.69, 9.17) is 0 Å². The van der Waals surface area contributed by atoms with E-state index in [1.807, 2.05) is 25.7 Å². The van der Waals surface area contributed by atoms with Gasteiger partial charge in [-0.25, -0.2) is 0 Å². The highest BCUT2D eigenvalue weighted by molar-refractivity contribution is 5.96. The normalized spacial score (nSPS) is 25.8. The molecule has 0 aromatic carbocycles. The van der Waals surface area contributed by atoms with Crippen molar-refractivity contribution >= 4 is 11.8 Å². The predicted octanol–water partition coefficient (Wildman–Crippen LogP) is 2.34. The second kappa shape index (κ2) is 5.57. The van der Waals surface area contributed by atoms with Crippen molar-refractivity contribution in [3.05, 3.63) is 30.1 Å². The molecule has 0 radical (unpaired) electrons. The van der Waals surface area contributed by atoms with E-state index < -0.39 is 6.04 Å². The average molecular weight is 329 g/mol. The number of rotatable bonds is 3. The van der Waals surface area contributed by atoms with Crippen molar-refractivity contribution in [2.24, 2.45) is 22.7 Å². The number of aromatic nitrogens is 1.